The van der Waals surface area contributed by atoms with Gasteiger partial charge in [-0.1, -0.05) is 22.9 Å². The predicted molar refractivity (Wildman–Crippen MR) is 251 cm³/mol. The van der Waals surface area contributed by atoms with Crippen molar-refractivity contribution in [1.82, 2.24) is 9.80 Å². The number of Topliss-reactive ketones (excluding diaryl/α,β-unsaturated/α-hetero) is 2. The number of halogens is 8. The molecule has 0 bridgehead atoms. The Labute approximate surface area is 464 Å². The smallest absolute Gasteiger partial charge is 1.00 e. The fourth-order valence-electron chi connectivity index (χ4n) is 6.92. The summed E-state index contributed by atoms with van der Waals surface area (Å²) in [5.41, 5.74) is -2.65. The van der Waals surface area contributed by atoms with Crippen LogP contribution in [0.25, 0.3) is 0 Å². The van der Waals surface area contributed by atoms with E-state index >= 15 is 0 Å². The van der Waals surface area contributed by atoms with Crippen molar-refractivity contribution in [1.29, 1.82) is 0 Å². The summed E-state index contributed by atoms with van der Waals surface area (Å²) in [6, 6.07) is 0.985. The number of alkyl halides is 2. The number of rotatable bonds is 11. The van der Waals surface area contributed by atoms with Crippen LogP contribution in [0.15, 0.2) is 24.3 Å². The first-order chi connectivity index (χ1) is 35.0. The topological polar surface area (TPSA) is 234 Å². The van der Waals surface area contributed by atoms with Gasteiger partial charge in [-0.3, -0.25) is 33.4 Å². The van der Waals surface area contributed by atoms with Crippen LogP contribution in [0.5, 0.6) is 0 Å². The zero-order valence-corrected chi connectivity index (χ0v) is 47.1. The van der Waals surface area contributed by atoms with Gasteiger partial charge < -0.3 is 25.5 Å². The molecule has 3 saturated heterocycles. The number of ketones is 2. The minimum absolute atomic E-state index is 0. The van der Waals surface area contributed by atoms with Crippen LogP contribution >= 0.6 is 15.9 Å². The molecule has 17 nitrogen and oxygen atoms in total. The molecule has 2 aromatic rings. The van der Waals surface area contributed by atoms with E-state index in [1.165, 1.54) is 0 Å². The molecule has 0 radical (unpaired) electrons. The number of amides is 2. The van der Waals surface area contributed by atoms with Gasteiger partial charge in [0.25, 0.3) is 0 Å². The van der Waals surface area contributed by atoms with Crippen molar-refractivity contribution >= 4 is 63.9 Å². The number of nitrogens with zero attached hydrogens (tertiary/aromatic N) is 2. The maximum Gasteiger partial charge on any atom is 1.00 e. The molecule has 0 aliphatic carbocycles. The number of esters is 1. The summed E-state index contributed by atoms with van der Waals surface area (Å²) in [5, 5.41) is 8.75. The Morgan fingerprint density at radius 2 is 1.09 bits per heavy atom. The van der Waals surface area contributed by atoms with E-state index in [0.29, 0.717) is 32.3 Å². The zero-order valence-electron chi connectivity index (χ0n) is 45.5. The number of aliphatic carboxylic acids is 1. The molecular weight excluding hydrogens is 1090 g/mol. The van der Waals surface area contributed by atoms with Crippen LogP contribution < -0.4 is 29.6 Å². The van der Waals surface area contributed by atoms with Crippen molar-refractivity contribution in [3.63, 3.8) is 0 Å². The molecule has 0 saturated carbocycles. The number of hydrogen-bond donors (Lipinski definition) is 1. The van der Waals surface area contributed by atoms with Crippen molar-refractivity contribution in [3.05, 3.63) is 70.3 Å². The molecule has 418 valence electrons. The molecule has 5 atom stereocenters. The molecule has 0 aromatic heterocycles. The van der Waals surface area contributed by atoms with E-state index in [1.807, 2.05) is 13.8 Å². The maximum atomic E-state index is 14.2. The molecule has 0 spiro atoms. The number of hydrogen-bond acceptors (Lipinski definition) is 14. The van der Waals surface area contributed by atoms with Crippen LogP contribution in [-0.2, 0) is 57.3 Å². The number of carboxylic acids is 1. The summed E-state index contributed by atoms with van der Waals surface area (Å²) < 4.78 is 120. The van der Waals surface area contributed by atoms with Crippen molar-refractivity contribution in [2.24, 2.45) is 0 Å². The Bertz CT molecular complexity index is 2230. The Balaban J connectivity index is -0.000000491. The third kappa shape index (κ3) is 28.1. The Morgan fingerprint density at radius 1 is 0.707 bits per heavy atom. The van der Waals surface area contributed by atoms with Crippen LogP contribution in [0.1, 0.15) is 133 Å². The molecule has 3 heterocycles. The second kappa shape index (κ2) is 38.5. The maximum absolute atomic E-state index is 14.2. The normalized spacial score (nSPS) is 18.2. The Kier molecular flexibility index (Phi) is 37.0. The number of carbonyl (C=O) groups excluding carboxylic acids is 9. The predicted octanol–water partition coefficient (Wildman–Crippen LogP) is 6.47. The molecular formula is C49H65BrF7N2NaO15. The van der Waals surface area contributed by atoms with Gasteiger partial charge in [0.1, 0.15) is 22.8 Å². The van der Waals surface area contributed by atoms with Crippen LogP contribution in [0.2, 0.25) is 0 Å². The molecule has 75 heavy (non-hydrogen) atoms. The largest absolute Gasteiger partial charge is 1.00 e. The van der Waals surface area contributed by atoms with E-state index in [1.54, 1.807) is 41.5 Å². The van der Waals surface area contributed by atoms with Gasteiger partial charge in [-0.15, -0.1) is 0 Å². The van der Waals surface area contributed by atoms with Crippen molar-refractivity contribution in [3.8, 4) is 0 Å². The van der Waals surface area contributed by atoms with Gasteiger partial charge in [-0.25, -0.2) is 35.9 Å². The number of likely N-dealkylation sites (tertiary alicyclic amines) is 2. The molecule has 2 aromatic carbocycles. The fourth-order valence-corrected chi connectivity index (χ4v) is 7.29. The Hall–Kier alpha value is -5.03. The first-order valence-corrected chi connectivity index (χ1v) is 23.8. The zero-order chi connectivity index (χ0) is 58.4. The van der Waals surface area contributed by atoms with Gasteiger partial charge >= 0.3 is 66.0 Å². The number of carbonyl (C=O) groups is 6. The molecule has 3 aliphatic rings. The van der Waals surface area contributed by atoms with Gasteiger partial charge in [0.15, 0.2) is 34.8 Å². The number of carboxylic acid groups (broad SMARTS) is 1. The Morgan fingerprint density at radius 3 is 1.39 bits per heavy atom. The summed E-state index contributed by atoms with van der Waals surface area (Å²) in [6.07, 6.45) is 1.38. The van der Waals surface area contributed by atoms with Gasteiger partial charge in [0.2, 0.25) is 0 Å². The summed E-state index contributed by atoms with van der Waals surface area (Å²) in [6.45, 7) is 14.3. The average molecular weight is 1160 g/mol. The van der Waals surface area contributed by atoms with E-state index in [9.17, 15) is 59.5 Å². The minimum atomic E-state index is -1.37. The van der Waals surface area contributed by atoms with Gasteiger partial charge in [-0.2, -0.15) is 19.2 Å². The third-order valence-electron chi connectivity index (χ3n) is 9.76. The van der Waals surface area contributed by atoms with Crippen molar-refractivity contribution < 1.29 is 135 Å². The van der Waals surface area contributed by atoms with E-state index < -0.39 is 112 Å². The van der Waals surface area contributed by atoms with Crippen molar-refractivity contribution in [2.45, 2.75) is 142 Å². The molecule has 1 N–H and O–H groups in total. The molecule has 5 rings (SSSR count). The standard InChI is InChI=1S/C19H22F3NO5.C17H19BrF3NO3.C6H12O2.C4H8O.CH3F.2CO2.Na.H/c1-19(2,3)28-18(27)23-9-10(8-13(23)14(24)6-7-15(25)26)16-11(20)4-5-12(21)17(16)22;1-17(2,3)25-16(24)22-8-9(6-12(22)13(23)7-18)14-10(19)4-5-11(20)15(14)21;1-3-5-6(7)8-4-2;1-2-4-5-3-1;1-2;2*2-1-3;;/h4-5,10,13H,6-9H2,1-3H3,(H,25,26);4-5,9,12H,6-8H2,1-3H3;3-5H2,1-2H3;1-4H2;1H3;;;;/q;;;;;;;+1;-1/t10-,13?;9-,12?;;;;;;;/m00......./s1/i;;;3D;;;;;. The van der Waals surface area contributed by atoms with E-state index in [4.69, 9.17) is 39.9 Å². The molecule has 3 unspecified atom stereocenters. The van der Waals surface area contributed by atoms with Crippen LogP contribution in [0, 0.1) is 34.9 Å². The van der Waals surface area contributed by atoms with Crippen LogP contribution in [-0.4, -0.2) is 132 Å². The molecule has 2 amide bonds. The van der Waals surface area contributed by atoms with E-state index in [2.05, 4.69) is 20.7 Å². The summed E-state index contributed by atoms with van der Waals surface area (Å²) in [5.74, 6) is -10.9. The third-order valence-corrected chi connectivity index (χ3v) is 10.3. The first-order valence-electron chi connectivity index (χ1n) is 23.2. The summed E-state index contributed by atoms with van der Waals surface area (Å²) in [7, 11) is 0.500. The second-order valence-corrected chi connectivity index (χ2v) is 18.1. The van der Waals surface area contributed by atoms with Crippen molar-refractivity contribution in [2.75, 3.05) is 45.4 Å². The molecule has 3 fully saturated rings. The van der Waals surface area contributed by atoms with Crippen LogP contribution in [0.3, 0.4) is 0 Å². The van der Waals surface area contributed by atoms with E-state index in [0.717, 1.165) is 47.8 Å². The quantitative estimate of drug-likeness (QED) is 0.0634. The van der Waals surface area contributed by atoms with E-state index in [-0.39, 0.29) is 99.3 Å². The fraction of sp³-hybridized carbons (Fsp3) is 0.592. The monoisotopic (exact) mass is 1160 g/mol. The molecule has 26 heteroatoms. The van der Waals surface area contributed by atoms with Gasteiger partial charge in [0.05, 0.1) is 39.0 Å². The first kappa shape index (κ1) is 72.0. The van der Waals surface area contributed by atoms with Gasteiger partial charge in [0, 0.05) is 62.1 Å². The van der Waals surface area contributed by atoms with Gasteiger partial charge in [-0.05, 0) is 105 Å². The SMILES string of the molecule is CC(C)(C)OC(=O)N1C[C@@H](c2c(F)ccc(F)c2F)CC1C(=O)CBr.CC(C)(C)OC(=O)N1C[C@@H](c2c(F)ccc(F)c2F)CC1C(=O)CCC(=O)O.CCCC(=O)OCC.CF.O=C=O.O=C=O.[2H]C1CCCO1.[H-].[Na+]. The number of benzene rings is 2. The minimum Gasteiger partial charge on any atom is -1.00 e. The summed E-state index contributed by atoms with van der Waals surface area (Å²) >= 11 is 3.04. The molecule has 3 aliphatic heterocycles. The summed E-state index contributed by atoms with van der Waals surface area (Å²) in [4.78, 5) is 105. The second-order valence-electron chi connectivity index (χ2n) is 17.5. The van der Waals surface area contributed by atoms with Crippen LogP contribution in [0.4, 0.5) is 40.3 Å². The average Bonchev–Trinajstić information content (AvgIpc) is 4.10. The number of ether oxygens (including phenoxy) is 4.